The lowest BCUT2D eigenvalue weighted by Gasteiger charge is -2.46. The lowest BCUT2D eigenvalue weighted by molar-refractivity contribution is -0.0134. The summed E-state index contributed by atoms with van der Waals surface area (Å²) < 4.78 is 5.50. The molecule has 1 aromatic rings. The summed E-state index contributed by atoms with van der Waals surface area (Å²) in [5.41, 5.74) is 0.925. The summed E-state index contributed by atoms with van der Waals surface area (Å²) in [6.07, 6.45) is 0.894. The number of fused-ring (bicyclic) bond motifs is 1. The highest BCUT2D eigenvalue weighted by Crippen LogP contribution is 2.34. The molecule has 1 unspecified atom stereocenters. The number of nitrogens with zero attached hydrogens (tertiary/aromatic N) is 2. The van der Waals surface area contributed by atoms with Crippen LogP contribution in [0.3, 0.4) is 0 Å². The topological polar surface area (TPSA) is 32.8 Å². The Morgan fingerprint density at radius 2 is 1.95 bits per heavy atom. The van der Waals surface area contributed by atoms with Gasteiger partial charge in [0.1, 0.15) is 5.60 Å². The van der Waals surface area contributed by atoms with Gasteiger partial charge in [0.05, 0.1) is 6.04 Å². The highest BCUT2D eigenvalue weighted by atomic mass is 16.6. The summed E-state index contributed by atoms with van der Waals surface area (Å²) in [4.78, 5) is 16.6. The van der Waals surface area contributed by atoms with Gasteiger partial charge in [0, 0.05) is 25.7 Å². The average molecular weight is 288 g/mol. The van der Waals surface area contributed by atoms with E-state index in [1.807, 2.05) is 31.7 Å². The van der Waals surface area contributed by atoms with E-state index < -0.39 is 5.60 Å². The predicted molar refractivity (Wildman–Crippen MR) is 82.0 cm³/mol. The molecule has 0 radical (unpaired) electrons. The van der Waals surface area contributed by atoms with Gasteiger partial charge in [-0.1, -0.05) is 30.3 Å². The van der Waals surface area contributed by atoms with Crippen molar-refractivity contribution < 1.29 is 9.53 Å². The van der Waals surface area contributed by atoms with E-state index in [0.717, 1.165) is 26.1 Å². The van der Waals surface area contributed by atoms with E-state index >= 15 is 0 Å². The van der Waals surface area contributed by atoms with Crippen LogP contribution in [0.5, 0.6) is 0 Å². The zero-order chi connectivity index (χ0) is 15.0. The average Bonchev–Trinajstić information content (AvgIpc) is 2.73. The third-order valence-electron chi connectivity index (χ3n) is 4.26. The van der Waals surface area contributed by atoms with Gasteiger partial charge in [0.25, 0.3) is 0 Å². The molecule has 2 atom stereocenters. The van der Waals surface area contributed by atoms with Crippen LogP contribution >= 0.6 is 0 Å². The molecule has 0 saturated carbocycles. The molecule has 0 aromatic heterocycles. The van der Waals surface area contributed by atoms with Crippen LogP contribution in [0, 0.1) is 0 Å². The number of carbonyl (C=O) groups is 1. The van der Waals surface area contributed by atoms with Crippen molar-refractivity contribution in [3.05, 3.63) is 35.9 Å². The van der Waals surface area contributed by atoms with Crippen LogP contribution in [0.15, 0.2) is 30.3 Å². The molecule has 2 aliphatic rings. The number of rotatable bonds is 2. The fourth-order valence-corrected chi connectivity index (χ4v) is 3.27. The van der Waals surface area contributed by atoms with Crippen molar-refractivity contribution in [2.75, 3.05) is 13.1 Å². The van der Waals surface area contributed by atoms with Crippen LogP contribution in [0.25, 0.3) is 0 Å². The number of hydrogen-bond acceptors (Lipinski definition) is 3. The van der Waals surface area contributed by atoms with Crippen molar-refractivity contribution in [2.45, 2.75) is 51.4 Å². The molecule has 2 fully saturated rings. The number of ether oxygens (including phenoxy) is 1. The molecular weight excluding hydrogens is 264 g/mol. The zero-order valence-corrected chi connectivity index (χ0v) is 13.1. The normalized spacial score (nSPS) is 25.4. The van der Waals surface area contributed by atoms with Crippen molar-refractivity contribution in [1.82, 2.24) is 9.80 Å². The highest BCUT2D eigenvalue weighted by molar-refractivity contribution is 5.69. The molecule has 4 nitrogen and oxygen atoms in total. The van der Waals surface area contributed by atoms with Crippen LogP contribution in [-0.4, -0.2) is 46.7 Å². The monoisotopic (exact) mass is 288 g/mol. The second-order valence-electron chi connectivity index (χ2n) is 7.01. The third-order valence-corrected chi connectivity index (χ3v) is 4.26. The summed E-state index contributed by atoms with van der Waals surface area (Å²) >= 11 is 0. The Morgan fingerprint density at radius 3 is 2.62 bits per heavy atom. The van der Waals surface area contributed by atoms with Crippen LogP contribution in [0.1, 0.15) is 32.8 Å². The summed E-state index contributed by atoms with van der Waals surface area (Å²) in [7, 11) is 0. The second-order valence-corrected chi connectivity index (χ2v) is 7.01. The maximum atomic E-state index is 12.2. The van der Waals surface area contributed by atoms with Gasteiger partial charge in [-0.2, -0.15) is 0 Å². The smallest absolute Gasteiger partial charge is 0.410 e. The Labute approximate surface area is 126 Å². The largest absolute Gasteiger partial charge is 0.444 e. The molecule has 3 rings (SSSR count). The summed E-state index contributed by atoms with van der Waals surface area (Å²) in [5.74, 6) is 0. The third kappa shape index (κ3) is 3.05. The number of hydrogen-bond donors (Lipinski definition) is 0. The van der Waals surface area contributed by atoms with Crippen LogP contribution in [0.4, 0.5) is 4.79 Å². The van der Waals surface area contributed by atoms with Crippen molar-refractivity contribution in [2.24, 2.45) is 0 Å². The molecule has 2 heterocycles. The fourth-order valence-electron chi connectivity index (χ4n) is 3.27. The molecular formula is C17H24N2O2. The molecule has 0 spiro atoms. The van der Waals surface area contributed by atoms with Gasteiger partial charge >= 0.3 is 6.09 Å². The number of benzene rings is 1. The molecule has 21 heavy (non-hydrogen) atoms. The predicted octanol–water partition coefficient (Wildman–Crippen LogP) is 2.88. The van der Waals surface area contributed by atoms with Crippen LogP contribution in [-0.2, 0) is 11.3 Å². The molecule has 0 aliphatic carbocycles. The number of carbonyl (C=O) groups excluding carboxylic acids is 1. The molecule has 2 saturated heterocycles. The maximum absolute atomic E-state index is 12.2. The summed E-state index contributed by atoms with van der Waals surface area (Å²) in [6, 6.07) is 11.4. The van der Waals surface area contributed by atoms with E-state index in [0.29, 0.717) is 12.1 Å². The summed E-state index contributed by atoms with van der Waals surface area (Å²) in [6.45, 7) is 8.50. The van der Waals surface area contributed by atoms with Crippen molar-refractivity contribution in [3.63, 3.8) is 0 Å². The first-order valence-corrected chi connectivity index (χ1v) is 7.72. The molecule has 4 heteroatoms. The molecule has 1 amide bonds. The minimum absolute atomic E-state index is 0.158. The van der Waals surface area contributed by atoms with Crippen molar-refractivity contribution >= 4 is 6.09 Å². The summed E-state index contributed by atoms with van der Waals surface area (Å²) in [5, 5.41) is 0. The van der Waals surface area contributed by atoms with E-state index in [4.69, 9.17) is 4.74 Å². The van der Waals surface area contributed by atoms with E-state index in [1.165, 1.54) is 5.56 Å². The van der Waals surface area contributed by atoms with E-state index in [9.17, 15) is 4.79 Å². The van der Waals surface area contributed by atoms with E-state index in [-0.39, 0.29) is 6.09 Å². The minimum Gasteiger partial charge on any atom is -0.444 e. The van der Waals surface area contributed by atoms with Gasteiger partial charge < -0.3 is 9.64 Å². The zero-order valence-electron chi connectivity index (χ0n) is 13.1. The minimum atomic E-state index is -0.414. The second kappa shape index (κ2) is 5.34. The fraction of sp³-hybridized carbons (Fsp3) is 0.588. The number of likely N-dealkylation sites (tertiary alicyclic amines) is 2. The molecule has 0 N–H and O–H groups in total. The van der Waals surface area contributed by atoms with Crippen LogP contribution in [0.2, 0.25) is 0 Å². The SMILES string of the molecule is CC(C)(C)OC(=O)N1CCC2[C@H]1CN2Cc1ccccc1. The van der Waals surface area contributed by atoms with Gasteiger partial charge in [-0.15, -0.1) is 0 Å². The highest BCUT2D eigenvalue weighted by Gasteiger charge is 2.49. The van der Waals surface area contributed by atoms with E-state index in [1.54, 1.807) is 0 Å². The van der Waals surface area contributed by atoms with E-state index in [2.05, 4.69) is 29.2 Å². The molecule has 0 bridgehead atoms. The van der Waals surface area contributed by atoms with Crippen molar-refractivity contribution in [1.29, 1.82) is 0 Å². The Hall–Kier alpha value is -1.55. The van der Waals surface area contributed by atoms with Crippen molar-refractivity contribution in [3.8, 4) is 0 Å². The lowest BCUT2D eigenvalue weighted by atomic mass is 9.96. The molecule has 2 aliphatic heterocycles. The first kappa shape index (κ1) is 14.4. The first-order valence-electron chi connectivity index (χ1n) is 7.72. The standard InChI is InChI=1S/C17H24N2O2/c1-17(2,3)21-16(20)19-10-9-14-15(19)12-18(14)11-13-7-5-4-6-8-13/h4-8,14-15H,9-12H2,1-3H3/t14?,15-/m1/s1. The van der Waals surface area contributed by atoms with Gasteiger partial charge in [-0.3, -0.25) is 4.90 Å². The Kier molecular flexibility index (Phi) is 3.66. The first-order chi connectivity index (χ1) is 9.94. The van der Waals surface area contributed by atoms with Gasteiger partial charge in [-0.25, -0.2) is 4.79 Å². The Morgan fingerprint density at radius 1 is 1.24 bits per heavy atom. The Balaban J connectivity index is 1.56. The quantitative estimate of drug-likeness (QED) is 0.839. The van der Waals surface area contributed by atoms with Gasteiger partial charge in [0.15, 0.2) is 0 Å². The number of amides is 1. The lowest BCUT2D eigenvalue weighted by Crippen LogP contribution is -2.62. The van der Waals surface area contributed by atoms with Crippen LogP contribution < -0.4 is 0 Å². The van der Waals surface area contributed by atoms with Gasteiger partial charge in [-0.05, 0) is 32.8 Å². The molecule has 1 aromatic carbocycles. The molecule has 114 valence electrons. The van der Waals surface area contributed by atoms with Gasteiger partial charge in [0.2, 0.25) is 0 Å². The Bertz CT molecular complexity index is 509. The maximum Gasteiger partial charge on any atom is 0.410 e.